The number of amides is 2. The molecule has 0 saturated carbocycles. The van der Waals surface area contributed by atoms with Gasteiger partial charge >= 0.3 is 0 Å². The SMILES string of the molecule is CCCCOc1cccc(NC(=O)C2CCC(=O)N2)c1. The Balaban J connectivity index is 1.90. The molecule has 0 aromatic heterocycles. The van der Waals surface area contributed by atoms with Crippen molar-refractivity contribution in [2.75, 3.05) is 11.9 Å². The third kappa shape index (κ3) is 3.98. The van der Waals surface area contributed by atoms with Crippen molar-refractivity contribution in [1.82, 2.24) is 5.32 Å². The van der Waals surface area contributed by atoms with Crippen molar-refractivity contribution < 1.29 is 14.3 Å². The first kappa shape index (κ1) is 14.4. The van der Waals surface area contributed by atoms with Crippen LogP contribution in [0.15, 0.2) is 24.3 Å². The van der Waals surface area contributed by atoms with E-state index in [4.69, 9.17) is 4.74 Å². The van der Waals surface area contributed by atoms with Gasteiger partial charge in [0.05, 0.1) is 6.61 Å². The maximum Gasteiger partial charge on any atom is 0.246 e. The van der Waals surface area contributed by atoms with Crippen LogP contribution < -0.4 is 15.4 Å². The maximum absolute atomic E-state index is 12.0. The van der Waals surface area contributed by atoms with E-state index in [1.807, 2.05) is 12.1 Å². The first-order chi connectivity index (χ1) is 9.69. The zero-order valence-corrected chi connectivity index (χ0v) is 11.6. The molecule has 1 saturated heterocycles. The summed E-state index contributed by atoms with van der Waals surface area (Å²) >= 11 is 0. The van der Waals surface area contributed by atoms with Gasteiger partial charge in [0.1, 0.15) is 11.8 Å². The molecule has 1 atom stereocenters. The van der Waals surface area contributed by atoms with E-state index >= 15 is 0 Å². The number of hydrogen-bond donors (Lipinski definition) is 2. The van der Waals surface area contributed by atoms with Crippen LogP contribution in [-0.4, -0.2) is 24.5 Å². The summed E-state index contributed by atoms with van der Waals surface area (Å²) in [6.45, 7) is 2.78. The zero-order chi connectivity index (χ0) is 14.4. The van der Waals surface area contributed by atoms with E-state index in [2.05, 4.69) is 17.6 Å². The van der Waals surface area contributed by atoms with Crippen LogP contribution in [0.25, 0.3) is 0 Å². The molecule has 5 heteroatoms. The molecule has 0 aliphatic carbocycles. The van der Waals surface area contributed by atoms with Crippen molar-refractivity contribution >= 4 is 17.5 Å². The third-order valence-electron chi connectivity index (χ3n) is 3.18. The number of anilines is 1. The second-order valence-corrected chi connectivity index (χ2v) is 4.88. The van der Waals surface area contributed by atoms with Crippen LogP contribution in [0, 0.1) is 0 Å². The van der Waals surface area contributed by atoms with Crippen LogP contribution in [0.3, 0.4) is 0 Å². The number of carbonyl (C=O) groups excluding carboxylic acids is 2. The highest BCUT2D eigenvalue weighted by Crippen LogP contribution is 2.18. The van der Waals surface area contributed by atoms with Gasteiger partial charge in [-0.15, -0.1) is 0 Å². The second kappa shape index (κ2) is 6.93. The highest BCUT2D eigenvalue weighted by Gasteiger charge is 2.27. The Kier molecular flexibility index (Phi) is 4.98. The van der Waals surface area contributed by atoms with E-state index in [0.29, 0.717) is 25.1 Å². The summed E-state index contributed by atoms with van der Waals surface area (Å²) in [5.74, 6) is 0.495. The standard InChI is InChI=1S/C15H20N2O3/c1-2-3-9-20-12-6-4-5-11(10-12)16-15(19)13-7-8-14(18)17-13/h4-6,10,13H,2-3,7-9H2,1H3,(H,16,19)(H,17,18). The van der Waals surface area contributed by atoms with Crippen molar-refractivity contribution in [3.63, 3.8) is 0 Å². The Bertz CT molecular complexity index is 488. The van der Waals surface area contributed by atoms with Gasteiger partial charge in [0.2, 0.25) is 11.8 Å². The molecule has 108 valence electrons. The lowest BCUT2D eigenvalue weighted by Gasteiger charge is -2.12. The number of unbranched alkanes of at least 4 members (excludes halogenated alkanes) is 1. The van der Waals surface area contributed by atoms with Gasteiger partial charge in [-0.05, 0) is 25.0 Å². The summed E-state index contributed by atoms with van der Waals surface area (Å²) in [7, 11) is 0. The molecule has 0 bridgehead atoms. The average Bonchev–Trinajstić information content (AvgIpc) is 2.86. The molecule has 0 radical (unpaired) electrons. The summed E-state index contributed by atoms with van der Waals surface area (Å²) in [6.07, 6.45) is 3.05. The van der Waals surface area contributed by atoms with Crippen LogP contribution in [0.1, 0.15) is 32.6 Å². The maximum atomic E-state index is 12.0. The Morgan fingerprint density at radius 1 is 1.50 bits per heavy atom. The van der Waals surface area contributed by atoms with E-state index in [-0.39, 0.29) is 11.8 Å². The molecule has 0 spiro atoms. The van der Waals surface area contributed by atoms with Crippen molar-refractivity contribution in [2.45, 2.75) is 38.6 Å². The lowest BCUT2D eigenvalue weighted by atomic mass is 10.2. The highest BCUT2D eigenvalue weighted by atomic mass is 16.5. The van der Waals surface area contributed by atoms with Gasteiger partial charge in [-0.2, -0.15) is 0 Å². The second-order valence-electron chi connectivity index (χ2n) is 4.88. The summed E-state index contributed by atoms with van der Waals surface area (Å²) in [5.41, 5.74) is 0.685. The monoisotopic (exact) mass is 276 g/mol. The molecule has 1 aromatic rings. The molecule has 1 unspecified atom stereocenters. The van der Waals surface area contributed by atoms with E-state index in [1.54, 1.807) is 12.1 Å². The Labute approximate surface area is 118 Å². The Hall–Kier alpha value is -2.04. The molecule has 2 N–H and O–H groups in total. The molecule has 2 amide bonds. The Morgan fingerprint density at radius 3 is 3.05 bits per heavy atom. The summed E-state index contributed by atoms with van der Waals surface area (Å²) in [4.78, 5) is 23.1. The van der Waals surface area contributed by atoms with E-state index < -0.39 is 6.04 Å². The predicted octanol–water partition coefficient (Wildman–Crippen LogP) is 2.08. The minimum atomic E-state index is -0.424. The lowest BCUT2D eigenvalue weighted by molar-refractivity contribution is -0.122. The van der Waals surface area contributed by atoms with Crippen LogP contribution in [0.5, 0.6) is 5.75 Å². The summed E-state index contributed by atoms with van der Waals surface area (Å²) in [6, 6.07) is 6.88. The van der Waals surface area contributed by atoms with Crippen molar-refractivity contribution in [3.05, 3.63) is 24.3 Å². The summed E-state index contributed by atoms with van der Waals surface area (Å²) in [5, 5.41) is 5.45. The Morgan fingerprint density at radius 2 is 2.35 bits per heavy atom. The fourth-order valence-corrected chi connectivity index (χ4v) is 2.04. The normalized spacial score (nSPS) is 17.6. The fourth-order valence-electron chi connectivity index (χ4n) is 2.04. The fraction of sp³-hybridized carbons (Fsp3) is 0.467. The van der Waals surface area contributed by atoms with Crippen LogP contribution >= 0.6 is 0 Å². The first-order valence-electron chi connectivity index (χ1n) is 7.02. The smallest absolute Gasteiger partial charge is 0.246 e. The number of rotatable bonds is 6. The highest BCUT2D eigenvalue weighted by molar-refractivity contribution is 5.99. The quantitative estimate of drug-likeness (QED) is 0.782. The molecule has 1 fully saturated rings. The van der Waals surface area contributed by atoms with Crippen molar-refractivity contribution in [2.24, 2.45) is 0 Å². The van der Waals surface area contributed by atoms with Crippen molar-refractivity contribution in [3.8, 4) is 5.75 Å². The number of nitrogens with one attached hydrogen (secondary N) is 2. The van der Waals surface area contributed by atoms with Gasteiger partial charge in [-0.3, -0.25) is 9.59 Å². The minimum absolute atomic E-state index is 0.0678. The first-order valence-corrected chi connectivity index (χ1v) is 7.02. The molecule has 1 aromatic carbocycles. The molecule has 2 rings (SSSR count). The molecule has 1 heterocycles. The third-order valence-corrected chi connectivity index (χ3v) is 3.18. The molecule has 1 aliphatic rings. The molecular formula is C15H20N2O3. The number of carbonyl (C=O) groups is 2. The van der Waals surface area contributed by atoms with Crippen molar-refractivity contribution in [1.29, 1.82) is 0 Å². The van der Waals surface area contributed by atoms with Gasteiger partial charge in [0.25, 0.3) is 0 Å². The zero-order valence-electron chi connectivity index (χ0n) is 11.6. The molecule has 20 heavy (non-hydrogen) atoms. The average molecular weight is 276 g/mol. The van der Waals surface area contributed by atoms with Gasteiger partial charge in [-0.1, -0.05) is 19.4 Å². The molecule has 1 aliphatic heterocycles. The number of hydrogen-bond acceptors (Lipinski definition) is 3. The molecular weight excluding hydrogens is 256 g/mol. The van der Waals surface area contributed by atoms with E-state index in [9.17, 15) is 9.59 Å². The topological polar surface area (TPSA) is 67.4 Å². The molecule has 5 nitrogen and oxygen atoms in total. The lowest BCUT2D eigenvalue weighted by Crippen LogP contribution is -2.37. The number of ether oxygens (including phenoxy) is 1. The van der Waals surface area contributed by atoms with Gasteiger partial charge in [0.15, 0.2) is 0 Å². The predicted molar refractivity (Wildman–Crippen MR) is 76.6 cm³/mol. The van der Waals surface area contributed by atoms with Crippen LogP contribution in [-0.2, 0) is 9.59 Å². The van der Waals surface area contributed by atoms with Gasteiger partial charge < -0.3 is 15.4 Å². The van der Waals surface area contributed by atoms with Crippen LogP contribution in [0.4, 0.5) is 5.69 Å². The summed E-state index contributed by atoms with van der Waals surface area (Å²) < 4.78 is 5.59. The van der Waals surface area contributed by atoms with E-state index in [0.717, 1.165) is 18.6 Å². The minimum Gasteiger partial charge on any atom is -0.494 e. The van der Waals surface area contributed by atoms with E-state index in [1.165, 1.54) is 0 Å². The largest absolute Gasteiger partial charge is 0.494 e. The van der Waals surface area contributed by atoms with Crippen LogP contribution in [0.2, 0.25) is 0 Å². The van der Waals surface area contributed by atoms with Gasteiger partial charge in [-0.25, -0.2) is 0 Å². The van der Waals surface area contributed by atoms with Gasteiger partial charge in [0, 0.05) is 18.2 Å². The number of benzene rings is 1.